The largest absolute Gasteiger partial charge is 0.475 e. The smallest absolute Gasteiger partial charge is 0.315 e. The summed E-state index contributed by atoms with van der Waals surface area (Å²) in [5.41, 5.74) is 0.863. The van der Waals surface area contributed by atoms with Crippen LogP contribution in [0.1, 0.15) is 38.7 Å². The van der Waals surface area contributed by atoms with E-state index in [9.17, 15) is 9.59 Å². The lowest BCUT2D eigenvalue weighted by Gasteiger charge is -2.15. The highest BCUT2D eigenvalue weighted by Crippen LogP contribution is 2.09. The molecule has 0 aromatic carbocycles. The Hall–Kier alpha value is -2.31. The van der Waals surface area contributed by atoms with Gasteiger partial charge in [0.2, 0.25) is 11.8 Å². The van der Waals surface area contributed by atoms with E-state index in [1.807, 2.05) is 19.9 Å². The first-order valence-electron chi connectivity index (χ1n) is 7.98. The van der Waals surface area contributed by atoms with E-state index in [0.717, 1.165) is 18.4 Å². The second-order valence-corrected chi connectivity index (χ2v) is 5.84. The third-order valence-electron chi connectivity index (χ3n) is 3.45. The molecular formula is C16H24N4O3. The molecule has 0 radical (unpaired) electrons. The predicted molar refractivity (Wildman–Crippen MR) is 86.0 cm³/mol. The van der Waals surface area contributed by atoms with Gasteiger partial charge in [-0.1, -0.05) is 6.07 Å². The van der Waals surface area contributed by atoms with Gasteiger partial charge >= 0.3 is 6.03 Å². The maximum Gasteiger partial charge on any atom is 0.315 e. The summed E-state index contributed by atoms with van der Waals surface area (Å²) in [6.45, 7) is 4.89. The van der Waals surface area contributed by atoms with Crippen molar-refractivity contribution in [2.24, 2.45) is 0 Å². The highest BCUT2D eigenvalue weighted by molar-refractivity contribution is 5.87. The molecule has 0 bridgehead atoms. The molecule has 1 aromatic rings. The molecule has 1 atom stereocenters. The van der Waals surface area contributed by atoms with Crippen LogP contribution in [0.2, 0.25) is 0 Å². The zero-order chi connectivity index (χ0) is 16.7. The third-order valence-corrected chi connectivity index (χ3v) is 3.45. The van der Waals surface area contributed by atoms with E-state index in [2.05, 4.69) is 20.9 Å². The van der Waals surface area contributed by atoms with Gasteiger partial charge in [0.1, 0.15) is 6.04 Å². The molecule has 3 N–H and O–H groups in total. The number of carbonyl (C=O) groups is 2. The summed E-state index contributed by atoms with van der Waals surface area (Å²) in [6.07, 6.45) is 4.27. The van der Waals surface area contributed by atoms with E-state index in [4.69, 9.17) is 4.74 Å². The van der Waals surface area contributed by atoms with Gasteiger partial charge in [0.25, 0.3) is 0 Å². The molecule has 0 spiro atoms. The van der Waals surface area contributed by atoms with Gasteiger partial charge in [-0.3, -0.25) is 4.79 Å². The normalized spacial score (nSPS) is 18.0. The second-order valence-electron chi connectivity index (χ2n) is 5.84. The van der Waals surface area contributed by atoms with Gasteiger partial charge in [-0.05, 0) is 38.7 Å². The molecule has 1 fully saturated rings. The van der Waals surface area contributed by atoms with E-state index >= 15 is 0 Å². The summed E-state index contributed by atoms with van der Waals surface area (Å²) in [7, 11) is 0. The van der Waals surface area contributed by atoms with Crippen molar-refractivity contribution in [3.8, 4) is 5.88 Å². The highest BCUT2D eigenvalue weighted by atomic mass is 16.5. The number of nitrogens with one attached hydrogen (secondary N) is 3. The van der Waals surface area contributed by atoms with Crippen LogP contribution in [0.3, 0.4) is 0 Å². The van der Waals surface area contributed by atoms with Crippen molar-refractivity contribution in [3.05, 3.63) is 23.9 Å². The molecule has 126 valence electrons. The first kappa shape index (κ1) is 17.1. The Morgan fingerprint density at radius 2 is 2.26 bits per heavy atom. The summed E-state index contributed by atoms with van der Waals surface area (Å²) >= 11 is 0. The van der Waals surface area contributed by atoms with Crippen LogP contribution in [-0.4, -0.2) is 35.6 Å². The molecule has 3 amide bonds. The summed E-state index contributed by atoms with van der Waals surface area (Å²) in [5, 5.41) is 8.24. The van der Waals surface area contributed by atoms with Crippen LogP contribution in [-0.2, 0) is 11.3 Å². The first-order chi connectivity index (χ1) is 11.0. The van der Waals surface area contributed by atoms with Crippen LogP contribution in [0.5, 0.6) is 5.88 Å². The minimum Gasteiger partial charge on any atom is -0.475 e. The van der Waals surface area contributed by atoms with Gasteiger partial charge in [0.05, 0.1) is 6.10 Å². The lowest BCUT2D eigenvalue weighted by Crippen LogP contribution is -2.48. The van der Waals surface area contributed by atoms with Crippen LogP contribution in [0.25, 0.3) is 0 Å². The number of pyridine rings is 1. The summed E-state index contributed by atoms with van der Waals surface area (Å²) in [4.78, 5) is 27.9. The Kier molecular flexibility index (Phi) is 6.19. The molecule has 0 saturated carbocycles. The van der Waals surface area contributed by atoms with Crippen molar-refractivity contribution in [1.29, 1.82) is 0 Å². The van der Waals surface area contributed by atoms with Crippen molar-refractivity contribution >= 4 is 11.9 Å². The van der Waals surface area contributed by atoms with Gasteiger partial charge in [-0.15, -0.1) is 0 Å². The van der Waals surface area contributed by atoms with Crippen molar-refractivity contribution in [3.63, 3.8) is 0 Å². The standard InChI is InChI=1S/C16H24N4O3/c1-11(2)23-14-7-6-12(9-18-14)10-19-16(22)20-13-5-3-4-8-17-15(13)21/h6-7,9,11,13H,3-5,8,10H2,1-2H3,(H,17,21)(H2,19,20,22)/t13-/m1/s1. The molecule has 1 aliphatic rings. The SMILES string of the molecule is CC(C)Oc1ccc(CNC(=O)N[C@@H]2CCCCNC2=O)cn1. The zero-order valence-electron chi connectivity index (χ0n) is 13.6. The Bertz CT molecular complexity index is 531. The minimum atomic E-state index is -0.461. The topological polar surface area (TPSA) is 92.4 Å². The monoisotopic (exact) mass is 320 g/mol. The maximum atomic E-state index is 11.9. The Morgan fingerprint density at radius 1 is 1.43 bits per heavy atom. The number of hydrogen-bond acceptors (Lipinski definition) is 4. The van der Waals surface area contributed by atoms with Gasteiger partial charge < -0.3 is 20.7 Å². The van der Waals surface area contributed by atoms with Crippen molar-refractivity contribution in [2.45, 2.75) is 51.8 Å². The van der Waals surface area contributed by atoms with E-state index < -0.39 is 6.04 Å². The third kappa shape index (κ3) is 5.77. The minimum absolute atomic E-state index is 0.0722. The number of urea groups is 1. The number of nitrogens with zero attached hydrogens (tertiary/aromatic N) is 1. The van der Waals surface area contributed by atoms with E-state index in [0.29, 0.717) is 25.4 Å². The molecule has 7 nitrogen and oxygen atoms in total. The number of carbonyl (C=O) groups excluding carboxylic acids is 2. The summed E-state index contributed by atoms with van der Waals surface area (Å²) in [6, 6.07) is 2.81. The molecule has 7 heteroatoms. The number of rotatable bonds is 5. The molecular weight excluding hydrogens is 296 g/mol. The summed E-state index contributed by atoms with van der Waals surface area (Å²) in [5.74, 6) is 0.442. The molecule has 1 aromatic heterocycles. The average Bonchev–Trinajstić information content (AvgIpc) is 2.71. The van der Waals surface area contributed by atoms with Crippen LogP contribution < -0.4 is 20.7 Å². The summed E-state index contributed by atoms with van der Waals surface area (Å²) < 4.78 is 5.46. The second kappa shape index (κ2) is 8.36. The lowest BCUT2D eigenvalue weighted by atomic mass is 10.1. The van der Waals surface area contributed by atoms with Crippen LogP contribution in [0.4, 0.5) is 4.79 Å². The van der Waals surface area contributed by atoms with Crippen LogP contribution in [0, 0.1) is 0 Å². The van der Waals surface area contributed by atoms with E-state index in [1.54, 1.807) is 12.3 Å². The highest BCUT2D eigenvalue weighted by Gasteiger charge is 2.22. The quantitative estimate of drug-likeness (QED) is 0.763. The van der Waals surface area contributed by atoms with Crippen molar-refractivity contribution < 1.29 is 14.3 Å². The fourth-order valence-corrected chi connectivity index (χ4v) is 2.30. The fourth-order valence-electron chi connectivity index (χ4n) is 2.30. The molecule has 1 saturated heterocycles. The molecule has 2 heterocycles. The number of ether oxygens (including phenoxy) is 1. The van der Waals surface area contributed by atoms with E-state index in [-0.39, 0.29) is 18.0 Å². The van der Waals surface area contributed by atoms with Crippen LogP contribution in [0.15, 0.2) is 18.3 Å². The predicted octanol–water partition coefficient (Wildman–Crippen LogP) is 1.34. The van der Waals surface area contributed by atoms with Crippen molar-refractivity contribution in [1.82, 2.24) is 20.9 Å². The number of amides is 3. The Balaban J connectivity index is 1.78. The van der Waals surface area contributed by atoms with Gasteiger partial charge in [-0.25, -0.2) is 9.78 Å². The van der Waals surface area contributed by atoms with Gasteiger partial charge in [0.15, 0.2) is 0 Å². The molecule has 0 unspecified atom stereocenters. The Labute approximate surface area is 136 Å². The first-order valence-corrected chi connectivity index (χ1v) is 7.98. The molecule has 23 heavy (non-hydrogen) atoms. The maximum absolute atomic E-state index is 11.9. The van der Waals surface area contributed by atoms with Gasteiger partial charge in [-0.2, -0.15) is 0 Å². The van der Waals surface area contributed by atoms with Crippen LogP contribution >= 0.6 is 0 Å². The Morgan fingerprint density at radius 3 is 2.96 bits per heavy atom. The van der Waals surface area contributed by atoms with E-state index in [1.165, 1.54) is 0 Å². The van der Waals surface area contributed by atoms with Crippen molar-refractivity contribution in [2.75, 3.05) is 6.54 Å². The average molecular weight is 320 g/mol. The molecule has 1 aliphatic heterocycles. The zero-order valence-corrected chi connectivity index (χ0v) is 13.6. The molecule has 0 aliphatic carbocycles. The lowest BCUT2D eigenvalue weighted by molar-refractivity contribution is -0.122. The number of hydrogen-bond donors (Lipinski definition) is 3. The van der Waals surface area contributed by atoms with Gasteiger partial charge in [0, 0.05) is 25.4 Å². The number of aromatic nitrogens is 1. The fraction of sp³-hybridized carbons (Fsp3) is 0.562. The molecule has 2 rings (SSSR count).